The van der Waals surface area contributed by atoms with E-state index in [2.05, 4.69) is 9.97 Å². The van der Waals surface area contributed by atoms with Gasteiger partial charge in [0.1, 0.15) is 17.3 Å². The molecule has 1 N–H and O–H groups in total. The normalized spacial score (nSPS) is 11.0. The monoisotopic (exact) mass is 272 g/mol. The second kappa shape index (κ2) is 4.59. The fraction of sp³-hybridized carbons (Fsp3) is 0.267. The maximum absolute atomic E-state index is 5.55. The fourth-order valence-electron chi connectivity index (χ4n) is 2.33. The van der Waals surface area contributed by atoms with Gasteiger partial charge in [-0.2, -0.15) is 0 Å². The Morgan fingerprint density at radius 1 is 1.05 bits per heavy atom. The largest absolute Gasteiger partial charge is 0.493 e. The molecule has 0 unspecified atom stereocenters. The van der Waals surface area contributed by atoms with Crippen LogP contribution in [0.5, 0.6) is 11.5 Å². The summed E-state index contributed by atoms with van der Waals surface area (Å²) in [4.78, 5) is 7.88. The van der Waals surface area contributed by atoms with E-state index in [4.69, 9.17) is 13.9 Å². The van der Waals surface area contributed by atoms with Crippen LogP contribution in [0.25, 0.3) is 22.4 Å². The van der Waals surface area contributed by atoms with Gasteiger partial charge in [0.05, 0.1) is 30.8 Å². The maximum atomic E-state index is 5.55. The quantitative estimate of drug-likeness (QED) is 0.793. The van der Waals surface area contributed by atoms with Crippen molar-refractivity contribution in [2.24, 2.45) is 0 Å². The molecule has 0 saturated heterocycles. The summed E-state index contributed by atoms with van der Waals surface area (Å²) in [6.07, 6.45) is 0. The number of ether oxygens (including phenoxy) is 2. The Labute approximate surface area is 116 Å². The first-order valence-corrected chi connectivity index (χ1v) is 6.31. The summed E-state index contributed by atoms with van der Waals surface area (Å²) in [5, 5.41) is 0. The van der Waals surface area contributed by atoms with Crippen LogP contribution in [0.15, 0.2) is 22.6 Å². The van der Waals surface area contributed by atoms with E-state index in [1.807, 2.05) is 32.0 Å². The summed E-state index contributed by atoms with van der Waals surface area (Å²) in [7, 11) is 3.23. The minimum Gasteiger partial charge on any atom is -0.493 e. The van der Waals surface area contributed by atoms with Crippen molar-refractivity contribution < 1.29 is 13.9 Å². The summed E-state index contributed by atoms with van der Waals surface area (Å²) >= 11 is 0. The lowest BCUT2D eigenvalue weighted by atomic mass is 10.2. The molecule has 3 aromatic rings. The summed E-state index contributed by atoms with van der Waals surface area (Å²) in [6.45, 7) is 3.85. The highest BCUT2D eigenvalue weighted by Crippen LogP contribution is 2.33. The first-order valence-electron chi connectivity index (χ1n) is 6.31. The predicted octanol–water partition coefficient (Wildman–Crippen LogP) is 3.46. The van der Waals surface area contributed by atoms with Gasteiger partial charge in [0, 0.05) is 12.1 Å². The molecule has 104 valence electrons. The van der Waals surface area contributed by atoms with Crippen LogP contribution < -0.4 is 9.47 Å². The molecule has 0 aliphatic carbocycles. The number of hydrogen-bond donors (Lipinski definition) is 1. The highest BCUT2D eigenvalue weighted by atomic mass is 16.5. The molecule has 3 rings (SSSR count). The van der Waals surface area contributed by atoms with Gasteiger partial charge in [-0.05, 0) is 19.9 Å². The van der Waals surface area contributed by atoms with E-state index in [9.17, 15) is 0 Å². The van der Waals surface area contributed by atoms with Crippen LogP contribution in [0, 0.1) is 13.8 Å². The van der Waals surface area contributed by atoms with Gasteiger partial charge in [-0.15, -0.1) is 0 Å². The maximum Gasteiger partial charge on any atom is 0.163 e. The first-order chi connectivity index (χ1) is 9.62. The second-order valence-electron chi connectivity index (χ2n) is 4.64. The van der Waals surface area contributed by atoms with Crippen molar-refractivity contribution in [1.82, 2.24) is 9.97 Å². The molecule has 0 saturated carbocycles. The molecule has 0 bridgehead atoms. The predicted molar refractivity (Wildman–Crippen MR) is 76.4 cm³/mol. The zero-order valence-corrected chi connectivity index (χ0v) is 11.9. The number of aromatic nitrogens is 2. The number of hydrogen-bond acceptors (Lipinski definition) is 4. The van der Waals surface area contributed by atoms with Crippen LogP contribution in [0.4, 0.5) is 0 Å². The average molecular weight is 272 g/mol. The van der Waals surface area contributed by atoms with E-state index in [1.54, 1.807) is 14.2 Å². The molecule has 20 heavy (non-hydrogen) atoms. The van der Waals surface area contributed by atoms with Gasteiger partial charge in [0.2, 0.25) is 0 Å². The Bertz CT molecular complexity index is 730. The molecule has 0 amide bonds. The number of nitrogens with one attached hydrogen (secondary N) is 1. The van der Waals surface area contributed by atoms with E-state index < -0.39 is 0 Å². The van der Waals surface area contributed by atoms with Crippen molar-refractivity contribution >= 4 is 11.0 Å². The number of aromatic amines is 1. The lowest BCUT2D eigenvalue weighted by molar-refractivity contribution is 0.356. The molecular formula is C15H16N2O3. The highest BCUT2D eigenvalue weighted by molar-refractivity contribution is 5.83. The number of H-pyrrole nitrogens is 1. The fourth-order valence-corrected chi connectivity index (χ4v) is 2.33. The minimum absolute atomic E-state index is 0.665. The zero-order chi connectivity index (χ0) is 14.3. The SMILES string of the molecule is COc1cc2nc(-c3cc(C)oc3C)[nH]c2cc1OC. The molecule has 1 aromatic carbocycles. The number of aryl methyl sites for hydroxylation is 2. The third-order valence-electron chi connectivity index (χ3n) is 3.28. The molecule has 0 fully saturated rings. The number of rotatable bonds is 3. The topological polar surface area (TPSA) is 60.3 Å². The van der Waals surface area contributed by atoms with Gasteiger partial charge in [-0.25, -0.2) is 4.98 Å². The van der Waals surface area contributed by atoms with Crippen LogP contribution in [0.1, 0.15) is 11.5 Å². The Morgan fingerprint density at radius 2 is 1.75 bits per heavy atom. The third-order valence-corrected chi connectivity index (χ3v) is 3.28. The van der Waals surface area contributed by atoms with E-state index in [-0.39, 0.29) is 0 Å². The lowest BCUT2D eigenvalue weighted by Crippen LogP contribution is -1.89. The van der Waals surface area contributed by atoms with Gasteiger partial charge in [0.25, 0.3) is 0 Å². The molecule has 0 atom stereocenters. The van der Waals surface area contributed by atoms with Crippen LogP contribution >= 0.6 is 0 Å². The van der Waals surface area contributed by atoms with Gasteiger partial charge in [-0.3, -0.25) is 0 Å². The van der Waals surface area contributed by atoms with Crippen molar-refractivity contribution in [2.75, 3.05) is 14.2 Å². The Balaban J connectivity index is 2.17. The first kappa shape index (κ1) is 12.6. The molecule has 0 radical (unpaired) electrons. The average Bonchev–Trinajstić information content (AvgIpc) is 2.99. The number of furan rings is 1. The number of fused-ring (bicyclic) bond motifs is 1. The Morgan fingerprint density at radius 3 is 2.35 bits per heavy atom. The molecular weight excluding hydrogens is 256 g/mol. The number of imidazole rings is 1. The Hall–Kier alpha value is -2.43. The van der Waals surface area contributed by atoms with E-state index >= 15 is 0 Å². The molecule has 0 spiro atoms. The van der Waals surface area contributed by atoms with Crippen molar-refractivity contribution in [3.63, 3.8) is 0 Å². The smallest absolute Gasteiger partial charge is 0.163 e. The zero-order valence-electron chi connectivity index (χ0n) is 11.9. The van der Waals surface area contributed by atoms with E-state index in [1.165, 1.54) is 0 Å². The van der Waals surface area contributed by atoms with Crippen LogP contribution in [-0.4, -0.2) is 24.2 Å². The van der Waals surface area contributed by atoms with Gasteiger partial charge >= 0.3 is 0 Å². The van der Waals surface area contributed by atoms with E-state index in [0.29, 0.717) is 11.5 Å². The molecule has 5 heteroatoms. The van der Waals surface area contributed by atoms with Crippen molar-refractivity contribution in [2.45, 2.75) is 13.8 Å². The van der Waals surface area contributed by atoms with Crippen molar-refractivity contribution in [3.8, 4) is 22.9 Å². The minimum atomic E-state index is 0.665. The van der Waals surface area contributed by atoms with Crippen molar-refractivity contribution in [3.05, 3.63) is 29.7 Å². The molecule has 2 aromatic heterocycles. The van der Waals surface area contributed by atoms with Crippen molar-refractivity contribution in [1.29, 1.82) is 0 Å². The van der Waals surface area contributed by atoms with Gasteiger partial charge < -0.3 is 18.9 Å². The number of methoxy groups -OCH3 is 2. The summed E-state index contributed by atoms with van der Waals surface area (Å²) in [6, 6.07) is 5.71. The molecule has 5 nitrogen and oxygen atoms in total. The van der Waals surface area contributed by atoms with Gasteiger partial charge in [-0.1, -0.05) is 0 Å². The lowest BCUT2D eigenvalue weighted by Gasteiger charge is -2.06. The van der Waals surface area contributed by atoms with Gasteiger partial charge in [0.15, 0.2) is 11.5 Å². The number of benzene rings is 1. The summed E-state index contributed by atoms with van der Waals surface area (Å²) < 4.78 is 16.1. The molecule has 0 aliphatic heterocycles. The summed E-state index contributed by atoms with van der Waals surface area (Å²) in [5.41, 5.74) is 2.70. The van der Waals surface area contributed by atoms with E-state index in [0.717, 1.165) is 33.9 Å². The number of nitrogens with zero attached hydrogens (tertiary/aromatic N) is 1. The third kappa shape index (κ3) is 1.91. The van der Waals surface area contributed by atoms with Crippen LogP contribution in [0.2, 0.25) is 0 Å². The second-order valence-corrected chi connectivity index (χ2v) is 4.64. The van der Waals surface area contributed by atoms with Crippen LogP contribution in [0.3, 0.4) is 0 Å². The Kier molecular flexibility index (Phi) is 2.89. The van der Waals surface area contributed by atoms with Crippen LogP contribution in [-0.2, 0) is 0 Å². The standard InChI is InChI=1S/C15H16N2O3/c1-8-5-10(9(2)20-8)15-16-11-6-13(18-3)14(19-4)7-12(11)17-15/h5-7H,1-4H3,(H,16,17). The molecule has 2 heterocycles. The summed E-state index contributed by atoms with van der Waals surface area (Å²) in [5.74, 6) is 3.84. The highest BCUT2D eigenvalue weighted by Gasteiger charge is 2.14. The molecule has 0 aliphatic rings.